The Morgan fingerprint density at radius 3 is 2.86 bits per heavy atom. The second kappa shape index (κ2) is 6.78. The predicted octanol–water partition coefficient (Wildman–Crippen LogP) is 3.42. The molecule has 1 heterocycles. The quantitative estimate of drug-likeness (QED) is 0.743. The van der Waals surface area contributed by atoms with Crippen molar-refractivity contribution in [1.82, 2.24) is 4.90 Å². The van der Waals surface area contributed by atoms with Crippen LogP contribution in [-0.2, 0) is 9.53 Å². The summed E-state index contributed by atoms with van der Waals surface area (Å²) in [5.41, 5.74) is 0.271. The van der Waals surface area contributed by atoms with Crippen LogP contribution in [0.4, 0.5) is 0 Å². The first-order valence-corrected chi connectivity index (χ1v) is 8.08. The Bertz CT molecular complexity index is 431. The Hall–Kier alpha value is -1.09. The van der Waals surface area contributed by atoms with E-state index in [9.17, 15) is 4.79 Å². The number of rotatable bonds is 4. The summed E-state index contributed by atoms with van der Waals surface area (Å²) in [4.78, 5) is 14.4. The Morgan fingerprint density at radius 1 is 1.43 bits per heavy atom. The number of Topliss-reactive ketones (excluding diaryl/α,β-unsaturated/α-hetero) is 1. The minimum atomic E-state index is 0.181. The molecular weight excluding hydrogens is 262 g/mol. The summed E-state index contributed by atoms with van der Waals surface area (Å²) in [6, 6.07) is 0. The third-order valence-electron chi connectivity index (χ3n) is 4.43. The van der Waals surface area contributed by atoms with Crippen molar-refractivity contribution in [3.63, 3.8) is 0 Å². The third-order valence-corrected chi connectivity index (χ3v) is 4.43. The van der Waals surface area contributed by atoms with Gasteiger partial charge in [0, 0.05) is 19.5 Å². The fourth-order valence-corrected chi connectivity index (χ4v) is 3.25. The van der Waals surface area contributed by atoms with Gasteiger partial charge in [-0.05, 0) is 42.7 Å². The van der Waals surface area contributed by atoms with Crippen molar-refractivity contribution < 1.29 is 9.53 Å². The van der Waals surface area contributed by atoms with E-state index >= 15 is 0 Å². The maximum absolute atomic E-state index is 11.9. The molecule has 0 spiro atoms. The lowest BCUT2D eigenvalue weighted by Crippen LogP contribution is -2.42. The first-order chi connectivity index (χ1) is 9.89. The van der Waals surface area contributed by atoms with E-state index in [-0.39, 0.29) is 11.2 Å². The van der Waals surface area contributed by atoms with E-state index in [0.717, 1.165) is 32.5 Å². The number of allylic oxidation sites excluding steroid dienone is 2. The third kappa shape index (κ3) is 4.70. The van der Waals surface area contributed by atoms with Crippen LogP contribution in [0.5, 0.6) is 0 Å². The number of ketones is 1. The summed E-state index contributed by atoms with van der Waals surface area (Å²) in [7, 11) is 1.60. The number of carbonyl (C=O) groups excluding carboxylic acids is 1. The summed E-state index contributed by atoms with van der Waals surface area (Å²) in [6.07, 6.45) is 9.56. The molecule has 0 N–H and O–H groups in total. The van der Waals surface area contributed by atoms with E-state index in [1.807, 2.05) is 0 Å². The van der Waals surface area contributed by atoms with E-state index in [0.29, 0.717) is 24.0 Å². The Labute approximate surface area is 129 Å². The van der Waals surface area contributed by atoms with Crippen molar-refractivity contribution in [1.29, 1.82) is 0 Å². The Kier molecular flexibility index (Phi) is 5.26. The number of fused-ring (bicyclic) bond motifs is 1. The maximum Gasteiger partial charge on any atom is 0.197 e. The van der Waals surface area contributed by atoms with Crippen LogP contribution in [0.25, 0.3) is 0 Å². The number of piperidine rings is 1. The summed E-state index contributed by atoms with van der Waals surface area (Å²) >= 11 is 0. The van der Waals surface area contributed by atoms with Crippen LogP contribution < -0.4 is 0 Å². The van der Waals surface area contributed by atoms with Crippen molar-refractivity contribution in [3.05, 3.63) is 24.0 Å². The number of nitrogens with zero attached hydrogens (tertiary/aromatic N) is 1. The van der Waals surface area contributed by atoms with Gasteiger partial charge in [0.15, 0.2) is 11.5 Å². The number of methoxy groups -OCH3 is 1. The van der Waals surface area contributed by atoms with Gasteiger partial charge < -0.3 is 9.64 Å². The van der Waals surface area contributed by atoms with Gasteiger partial charge in [-0.25, -0.2) is 0 Å². The lowest BCUT2D eigenvalue weighted by Gasteiger charge is -2.39. The van der Waals surface area contributed by atoms with Gasteiger partial charge in [-0.2, -0.15) is 0 Å². The molecule has 3 heteroatoms. The van der Waals surface area contributed by atoms with Crippen molar-refractivity contribution in [2.45, 2.75) is 40.0 Å². The lowest BCUT2D eigenvalue weighted by atomic mass is 9.78. The standard InChI is InChI=1S/C18H29NO2/c1-18(2,3)8-5-6-9-19-10-7-14-11-16(20)17(21-4)12-15(14)13-19/h5,8,12,14-15H,6-7,9-11,13H2,1-4H3. The molecule has 2 aliphatic rings. The van der Waals surface area contributed by atoms with Gasteiger partial charge in [0.2, 0.25) is 0 Å². The van der Waals surface area contributed by atoms with Crippen molar-refractivity contribution in [2.75, 3.05) is 26.7 Å². The van der Waals surface area contributed by atoms with Crippen LogP contribution in [0, 0.1) is 17.3 Å². The van der Waals surface area contributed by atoms with Crippen molar-refractivity contribution >= 4 is 5.78 Å². The van der Waals surface area contributed by atoms with E-state index < -0.39 is 0 Å². The molecule has 1 aliphatic carbocycles. The number of carbonyl (C=O) groups is 1. The molecule has 0 saturated carbocycles. The molecular formula is C18H29NO2. The van der Waals surface area contributed by atoms with Gasteiger partial charge in [0.05, 0.1) is 7.11 Å². The van der Waals surface area contributed by atoms with Gasteiger partial charge in [-0.1, -0.05) is 32.9 Å². The minimum Gasteiger partial charge on any atom is -0.493 e. The van der Waals surface area contributed by atoms with Crippen LogP contribution in [0.15, 0.2) is 24.0 Å². The molecule has 2 unspecified atom stereocenters. The average molecular weight is 291 g/mol. The molecule has 1 fully saturated rings. The molecule has 3 nitrogen and oxygen atoms in total. The molecule has 0 bridgehead atoms. The molecule has 21 heavy (non-hydrogen) atoms. The number of hydrogen-bond acceptors (Lipinski definition) is 3. The SMILES string of the molecule is COC1=CC2CN(CCC=CC(C)(C)C)CCC2CC1=O. The summed E-state index contributed by atoms with van der Waals surface area (Å²) in [5.74, 6) is 1.77. The van der Waals surface area contributed by atoms with Gasteiger partial charge in [-0.15, -0.1) is 0 Å². The van der Waals surface area contributed by atoms with Gasteiger partial charge >= 0.3 is 0 Å². The molecule has 1 saturated heterocycles. The normalized spacial score (nSPS) is 27.6. The summed E-state index contributed by atoms with van der Waals surface area (Å²) in [5, 5.41) is 0. The zero-order valence-electron chi connectivity index (χ0n) is 13.9. The van der Waals surface area contributed by atoms with Crippen LogP contribution in [-0.4, -0.2) is 37.4 Å². The molecule has 0 radical (unpaired) electrons. The molecule has 0 aromatic carbocycles. The van der Waals surface area contributed by atoms with E-state index in [2.05, 4.69) is 43.9 Å². The molecule has 0 amide bonds. The summed E-state index contributed by atoms with van der Waals surface area (Å²) < 4.78 is 5.21. The smallest absolute Gasteiger partial charge is 0.197 e. The monoisotopic (exact) mass is 291 g/mol. The lowest BCUT2D eigenvalue weighted by molar-refractivity contribution is -0.121. The highest BCUT2D eigenvalue weighted by molar-refractivity contribution is 5.94. The fraction of sp³-hybridized carbons (Fsp3) is 0.722. The van der Waals surface area contributed by atoms with Gasteiger partial charge in [-0.3, -0.25) is 4.79 Å². The second-order valence-corrected chi connectivity index (χ2v) is 7.43. The largest absolute Gasteiger partial charge is 0.493 e. The molecule has 2 rings (SSSR count). The van der Waals surface area contributed by atoms with Crippen LogP contribution in [0.2, 0.25) is 0 Å². The maximum atomic E-state index is 11.9. The first kappa shape index (κ1) is 16.3. The van der Waals surface area contributed by atoms with E-state index in [1.54, 1.807) is 7.11 Å². The molecule has 2 atom stereocenters. The van der Waals surface area contributed by atoms with Crippen molar-refractivity contribution in [3.8, 4) is 0 Å². The number of hydrogen-bond donors (Lipinski definition) is 0. The van der Waals surface area contributed by atoms with Crippen molar-refractivity contribution in [2.24, 2.45) is 17.3 Å². The highest BCUT2D eigenvalue weighted by atomic mass is 16.5. The highest BCUT2D eigenvalue weighted by Gasteiger charge is 2.34. The summed E-state index contributed by atoms with van der Waals surface area (Å²) in [6.45, 7) is 9.98. The molecule has 0 aromatic rings. The Balaban J connectivity index is 1.85. The topological polar surface area (TPSA) is 29.5 Å². The minimum absolute atomic E-state index is 0.181. The van der Waals surface area contributed by atoms with Gasteiger partial charge in [0.1, 0.15) is 0 Å². The molecule has 1 aliphatic heterocycles. The van der Waals surface area contributed by atoms with Gasteiger partial charge in [0.25, 0.3) is 0 Å². The Morgan fingerprint density at radius 2 is 2.19 bits per heavy atom. The molecule has 0 aromatic heterocycles. The second-order valence-electron chi connectivity index (χ2n) is 7.43. The predicted molar refractivity (Wildman–Crippen MR) is 86.0 cm³/mol. The van der Waals surface area contributed by atoms with Crippen LogP contribution in [0.3, 0.4) is 0 Å². The van der Waals surface area contributed by atoms with Crippen LogP contribution >= 0.6 is 0 Å². The first-order valence-electron chi connectivity index (χ1n) is 8.08. The average Bonchev–Trinajstić information content (AvgIpc) is 2.42. The van der Waals surface area contributed by atoms with E-state index in [4.69, 9.17) is 4.74 Å². The van der Waals surface area contributed by atoms with E-state index in [1.165, 1.54) is 0 Å². The molecule has 118 valence electrons. The number of ether oxygens (including phenoxy) is 1. The highest BCUT2D eigenvalue weighted by Crippen LogP contribution is 2.33. The van der Waals surface area contributed by atoms with Crippen LogP contribution in [0.1, 0.15) is 40.0 Å². The zero-order valence-corrected chi connectivity index (χ0v) is 13.9. The number of likely N-dealkylation sites (tertiary alicyclic amines) is 1. The zero-order chi connectivity index (χ0) is 15.5. The fourth-order valence-electron chi connectivity index (χ4n) is 3.25.